The quantitative estimate of drug-likeness (QED) is 0.796. The highest BCUT2D eigenvalue weighted by molar-refractivity contribution is 5.73. The molecular weight excluding hydrogens is 312 g/mol. The fraction of sp³-hybridized carbons (Fsp3) is 0.500. The van der Waals surface area contributed by atoms with Gasteiger partial charge in [-0.2, -0.15) is 0 Å². The van der Waals surface area contributed by atoms with Crippen LogP contribution in [0.25, 0.3) is 0 Å². The molecule has 4 rings (SSSR count). The van der Waals surface area contributed by atoms with E-state index in [1.165, 1.54) is 30.4 Å². The Labute approximate surface area is 148 Å². The average molecular weight is 338 g/mol. The van der Waals surface area contributed by atoms with Crippen LogP contribution in [0.4, 0.5) is 4.79 Å². The number of nitrogens with one attached hydrogen (secondary N) is 2. The Balaban J connectivity index is 1.18. The van der Waals surface area contributed by atoms with Gasteiger partial charge in [-0.25, -0.2) is 9.78 Å². The molecule has 5 nitrogen and oxygen atoms in total. The Bertz CT molecular complexity index is 769. The summed E-state index contributed by atoms with van der Waals surface area (Å²) in [5.74, 6) is 1.61. The number of amides is 2. The maximum atomic E-state index is 12.0. The van der Waals surface area contributed by atoms with Crippen LogP contribution in [0, 0.1) is 12.8 Å². The third-order valence-electron chi connectivity index (χ3n) is 5.92. The molecule has 2 atom stereocenters. The summed E-state index contributed by atoms with van der Waals surface area (Å²) >= 11 is 0. The van der Waals surface area contributed by atoms with Crippen molar-refractivity contribution in [1.29, 1.82) is 0 Å². The Morgan fingerprint density at radius 1 is 1.36 bits per heavy atom. The molecule has 2 amide bonds. The number of urea groups is 1. The molecule has 0 unspecified atom stereocenters. The number of benzene rings is 1. The average Bonchev–Trinajstić information content (AvgIpc) is 2.97. The smallest absolute Gasteiger partial charge is 0.314 e. The van der Waals surface area contributed by atoms with Gasteiger partial charge in [-0.1, -0.05) is 24.3 Å². The predicted molar refractivity (Wildman–Crippen MR) is 97.5 cm³/mol. The van der Waals surface area contributed by atoms with Gasteiger partial charge in [0.15, 0.2) is 0 Å². The van der Waals surface area contributed by atoms with Crippen LogP contribution in [0.1, 0.15) is 36.2 Å². The fourth-order valence-corrected chi connectivity index (χ4v) is 4.37. The van der Waals surface area contributed by atoms with Crippen molar-refractivity contribution < 1.29 is 4.79 Å². The van der Waals surface area contributed by atoms with Gasteiger partial charge in [0.1, 0.15) is 5.82 Å². The molecule has 1 aromatic carbocycles. The van der Waals surface area contributed by atoms with Gasteiger partial charge < -0.3 is 15.2 Å². The molecule has 2 aliphatic rings. The predicted octanol–water partition coefficient (Wildman–Crippen LogP) is 2.78. The minimum absolute atomic E-state index is 0.0457. The molecule has 1 fully saturated rings. The lowest BCUT2D eigenvalue weighted by molar-refractivity contribution is 0.240. The molecule has 2 aliphatic carbocycles. The number of nitrogens with zero attached hydrogens (tertiary/aromatic N) is 2. The van der Waals surface area contributed by atoms with Gasteiger partial charge in [-0.05, 0) is 49.7 Å². The maximum Gasteiger partial charge on any atom is 0.314 e. The van der Waals surface area contributed by atoms with Crippen LogP contribution >= 0.6 is 0 Å². The van der Waals surface area contributed by atoms with Crippen molar-refractivity contribution in [2.45, 2.75) is 44.6 Å². The summed E-state index contributed by atoms with van der Waals surface area (Å²) in [6.45, 7) is 4.34. The highest BCUT2D eigenvalue weighted by Crippen LogP contribution is 2.61. The molecule has 5 heteroatoms. The van der Waals surface area contributed by atoms with Crippen molar-refractivity contribution in [3.63, 3.8) is 0 Å². The molecule has 1 spiro atoms. The van der Waals surface area contributed by atoms with Gasteiger partial charge in [0, 0.05) is 37.4 Å². The summed E-state index contributed by atoms with van der Waals surface area (Å²) in [6, 6.07) is 8.76. The lowest BCUT2D eigenvalue weighted by atomic mass is 9.95. The Kier molecular flexibility index (Phi) is 4.24. The summed E-state index contributed by atoms with van der Waals surface area (Å²) in [6.07, 6.45) is 8.33. The first-order valence-corrected chi connectivity index (χ1v) is 9.27. The molecule has 0 aliphatic heterocycles. The van der Waals surface area contributed by atoms with Gasteiger partial charge in [0.05, 0.1) is 0 Å². The maximum absolute atomic E-state index is 12.0. The Hall–Kier alpha value is -2.30. The van der Waals surface area contributed by atoms with E-state index in [1.807, 2.05) is 19.3 Å². The molecule has 1 aromatic heterocycles. The zero-order valence-electron chi connectivity index (χ0n) is 14.8. The van der Waals surface area contributed by atoms with E-state index in [1.54, 1.807) is 0 Å². The van der Waals surface area contributed by atoms with Crippen molar-refractivity contribution in [2.75, 3.05) is 13.1 Å². The van der Waals surface area contributed by atoms with E-state index in [-0.39, 0.29) is 6.03 Å². The fourth-order valence-electron chi connectivity index (χ4n) is 4.37. The highest BCUT2D eigenvalue weighted by atomic mass is 16.2. The van der Waals surface area contributed by atoms with Gasteiger partial charge in [-0.3, -0.25) is 0 Å². The summed E-state index contributed by atoms with van der Waals surface area (Å²) in [4.78, 5) is 16.2. The summed E-state index contributed by atoms with van der Waals surface area (Å²) < 4.78 is 2.10. The van der Waals surface area contributed by atoms with Gasteiger partial charge in [-0.15, -0.1) is 0 Å². The van der Waals surface area contributed by atoms with Crippen molar-refractivity contribution >= 4 is 6.03 Å². The molecule has 25 heavy (non-hydrogen) atoms. The van der Waals surface area contributed by atoms with Crippen LogP contribution in [0.3, 0.4) is 0 Å². The van der Waals surface area contributed by atoms with E-state index in [2.05, 4.69) is 44.5 Å². The van der Waals surface area contributed by atoms with Gasteiger partial charge in [0.25, 0.3) is 0 Å². The van der Waals surface area contributed by atoms with Crippen LogP contribution in [-0.2, 0) is 18.4 Å². The van der Waals surface area contributed by atoms with E-state index < -0.39 is 0 Å². The van der Waals surface area contributed by atoms with E-state index in [0.717, 1.165) is 25.3 Å². The van der Waals surface area contributed by atoms with Crippen LogP contribution in [0.2, 0.25) is 0 Å². The van der Waals surface area contributed by atoms with Crippen molar-refractivity contribution in [3.05, 3.63) is 53.6 Å². The first-order valence-electron chi connectivity index (χ1n) is 9.27. The number of aryl methyl sites for hydroxylation is 3. The second-order valence-corrected chi connectivity index (χ2v) is 7.37. The number of aromatic nitrogens is 2. The molecular formula is C20H26N4O. The molecule has 1 saturated carbocycles. The third kappa shape index (κ3) is 3.15. The number of hydrogen-bond acceptors (Lipinski definition) is 2. The van der Waals surface area contributed by atoms with Crippen molar-refractivity contribution in [1.82, 2.24) is 20.2 Å². The van der Waals surface area contributed by atoms with E-state index in [9.17, 15) is 4.79 Å². The van der Waals surface area contributed by atoms with Crippen LogP contribution < -0.4 is 10.6 Å². The second-order valence-electron chi connectivity index (χ2n) is 7.37. The monoisotopic (exact) mass is 338 g/mol. The SMILES string of the molecule is Cc1nccn1CCCNC(=O)NC[C@@H]1C[C@]12CCc1ccccc12. The van der Waals surface area contributed by atoms with E-state index in [0.29, 0.717) is 17.9 Å². The van der Waals surface area contributed by atoms with E-state index >= 15 is 0 Å². The topological polar surface area (TPSA) is 59.0 Å². The van der Waals surface area contributed by atoms with Crippen molar-refractivity contribution in [2.24, 2.45) is 5.92 Å². The second kappa shape index (κ2) is 6.54. The molecule has 2 N–H and O–H groups in total. The number of fused-ring (bicyclic) bond motifs is 2. The van der Waals surface area contributed by atoms with Gasteiger partial charge in [0.2, 0.25) is 0 Å². The summed E-state index contributed by atoms with van der Waals surface area (Å²) in [5.41, 5.74) is 3.38. The van der Waals surface area contributed by atoms with Crippen molar-refractivity contribution in [3.8, 4) is 0 Å². The van der Waals surface area contributed by atoms with Gasteiger partial charge >= 0.3 is 6.03 Å². The molecule has 132 valence electrons. The van der Waals surface area contributed by atoms with E-state index in [4.69, 9.17) is 0 Å². The lowest BCUT2D eigenvalue weighted by Crippen LogP contribution is -2.38. The largest absolute Gasteiger partial charge is 0.338 e. The standard InChI is InChI=1S/C20H26N4O/c1-15-21-10-12-24(15)11-4-9-22-19(25)23-14-17-13-20(17)8-7-16-5-2-3-6-18(16)20/h2-3,5-6,10,12,17H,4,7-9,11,13-14H2,1H3,(H2,22,23,25)/t17-,20+/m0/s1. The molecule has 0 saturated heterocycles. The first kappa shape index (κ1) is 16.2. The number of carbonyl (C=O) groups excluding carboxylic acids is 1. The number of rotatable bonds is 6. The summed E-state index contributed by atoms with van der Waals surface area (Å²) in [7, 11) is 0. The molecule has 0 radical (unpaired) electrons. The lowest BCUT2D eigenvalue weighted by Gasteiger charge is -2.13. The molecule has 0 bridgehead atoms. The summed E-state index contributed by atoms with van der Waals surface area (Å²) in [5, 5.41) is 6.02. The number of imidazole rings is 1. The highest BCUT2D eigenvalue weighted by Gasteiger charge is 2.57. The zero-order valence-corrected chi connectivity index (χ0v) is 14.8. The molecule has 1 heterocycles. The van der Waals surface area contributed by atoms with Crippen LogP contribution in [0.5, 0.6) is 0 Å². The zero-order chi connectivity index (χ0) is 17.3. The minimum atomic E-state index is -0.0457. The Morgan fingerprint density at radius 2 is 2.24 bits per heavy atom. The first-order chi connectivity index (χ1) is 12.2. The number of hydrogen-bond donors (Lipinski definition) is 2. The molecule has 2 aromatic rings. The third-order valence-corrected chi connectivity index (χ3v) is 5.92. The Morgan fingerprint density at radius 3 is 3.08 bits per heavy atom. The van der Waals surface area contributed by atoms with Crippen LogP contribution in [0.15, 0.2) is 36.7 Å². The minimum Gasteiger partial charge on any atom is -0.338 e. The normalized spacial score (nSPS) is 23.5. The number of carbonyl (C=O) groups is 1. The van der Waals surface area contributed by atoms with Crippen LogP contribution in [-0.4, -0.2) is 28.7 Å².